The maximum absolute atomic E-state index is 13.4. The monoisotopic (exact) mass is 1020 g/mol. The fourth-order valence-corrected chi connectivity index (χ4v) is 9.07. The Balaban J connectivity index is 5.18. The van der Waals surface area contributed by atoms with Gasteiger partial charge in [0.05, 0.1) is 33.8 Å². The lowest BCUT2D eigenvalue weighted by atomic mass is 10.0. The second kappa shape index (κ2) is 51.2. The average molecular weight is 1020 g/mol. The minimum Gasteiger partial charge on any atom is -0.456 e. The summed E-state index contributed by atoms with van der Waals surface area (Å²) in [4.78, 5) is 37.5. The Morgan fingerprint density at radius 3 is 1.31 bits per heavy atom. The summed E-state index contributed by atoms with van der Waals surface area (Å²) in [6, 6.07) is -0.850. The first-order chi connectivity index (χ1) is 34.4. The molecule has 3 atom stereocenters. The molecule has 0 saturated carbocycles. The molecule has 0 saturated heterocycles. The highest BCUT2D eigenvalue weighted by Crippen LogP contribution is 2.43. The van der Waals surface area contributed by atoms with Crippen LogP contribution in [0.4, 0.5) is 0 Å². The van der Waals surface area contributed by atoms with Gasteiger partial charge in [0.15, 0.2) is 0 Å². The highest BCUT2D eigenvalue weighted by atomic mass is 31.2. The third kappa shape index (κ3) is 52.4. The lowest BCUT2D eigenvalue weighted by molar-refractivity contribution is -0.870. The molecule has 0 aliphatic carbocycles. The van der Waals surface area contributed by atoms with E-state index in [4.69, 9.17) is 13.8 Å². The zero-order valence-corrected chi connectivity index (χ0v) is 48.1. The highest BCUT2D eigenvalue weighted by molar-refractivity contribution is 7.47. The molecular weight excluding hydrogens is 904 g/mol. The van der Waals surface area contributed by atoms with Crippen molar-refractivity contribution in [3.63, 3.8) is 0 Å². The van der Waals surface area contributed by atoms with Crippen molar-refractivity contribution < 1.29 is 37.3 Å². The third-order valence-corrected chi connectivity index (χ3v) is 13.9. The van der Waals surface area contributed by atoms with Crippen LogP contribution < -0.4 is 5.32 Å². The number of amides is 1. The molecule has 0 fully saturated rings. The van der Waals surface area contributed by atoms with Crippen molar-refractivity contribution in [2.45, 2.75) is 277 Å². The number of carbonyl (C=O) groups excluding carboxylic acids is 2. The van der Waals surface area contributed by atoms with Crippen molar-refractivity contribution in [1.82, 2.24) is 5.32 Å². The molecule has 0 rings (SSSR count). The molecule has 3 unspecified atom stereocenters. The summed E-state index contributed by atoms with van der Waals surface area (Å²) in [7, 11) is 1.49. The molecule has 0 radical (unpaired) electrons. The predicted molar refractivity (Wildman–Crippen MR) is 305 cm³/mol. The van der Waals surface area contributed by atoms with Gasteiger partial charge in [0.25, 0.3) is 0 Å². The summed E-state index contributed by atoms with van der Waals surface area (Å²) < 4.78 is 30.6. The Labute approximate surface area is 439 Å². The van der Waals surface area contributed by atoms with E-state index in [0.29, 0.717) is 17.4 Å². The van der Waals surface area contributed by atoms with Gasteiger partial charge in [-0.05, 0) is 76.7 Å². The number of ether oxygens (including phenoxy) is 1. The Hall–Kier alpha value is -2.29. The molecule has 10 heteroatoms. The Morgan fingerprint density at radius 1 is 0.493 bits per heavy atom. The number of rotatable bonds is 53. The van der Waals surface area contributed by atoms with E-state index in [0.717, 1.165) is 89.9 Å². The normalized spacial score (nSPS) is 14.2. The second-order valence-corrected chi connectivity index (χ2v) is 22.6. The number of unbranched alkanes of at least 4 members (excludes halogenated alkanes) is 29. The lowest BCUT2D eigenvalue weighted by Gasteiger charge is -2.27. The third-order valence-electron chi connectivity index (χ3n) is 13.0. The van der Waals surface area contributed by atoms with Crippen LogP contribution in [0.3, 0.4) is 0 Å². The van der Waals surface area contributed by atoms with Crippen molar-refractivity contribution in [1.29, 1.82) is 0 Å². The van der Waals surface area contributed by atoms with Crippen LogP contribution in [0.1, 0.15) is 265 Å². The molecule has 71 heavy (non-hydrogen) atoms. The number of nitrogens with one attached hydrogen (secondary N) is 1. The SMILES string of the molecule is CCCCC/C=C\C/C=C\C/C=C\C/C=C\CCCCCCCCCC(=O)OC(/C=C\CCCCCCCCCCC)C(COP(=O)(O)OCC[N+](C)(C)C)NC(=O)CCCCCCCCCCCCC. The maximum atomic E-state index is 13.4. The van der Waals surface area contributed by atoms with E-state index in [1.54, 1.807) is 0 Å². The Bertz CT molecular complexity index is 1400. The largest absolute Gasteiger partial charge is 0.472 e. The number of quaternary nitrogens is 1. The van der Waals surface area contributed by atoms with Crippen LogP contribution in [0.5, 0.6) is 0 Å². The number of hydrogen-bond donors (Lipinski definition) is 2. The topological polar surface area (TPSA) is 111 Å². The first kappa shape index (κ1) is 68.7. The van der Waals surface area contributed by atoms with Crippen LogP contribution in [0.25, 0.3) is 0 Å². The van der Waals surface area contributed by atoms with Gasteiger partial charge in [-0.2, -0.15) is 0 Å². The van der Waals surface area contributed by atoms with Crippen LogP contribution in [0.2, 0.25) is 0 Å². The summed E-state index contributed by atoms with van der Waals surface area (Å²) in [6.07, 6.45) is 63.6. The van der Waals surface area contributed by atoms with E-state index in [1.165, 1.54) is 141 Å². The molecule has 0 aromatic heterocycles. The van der Waals surface area contributed by atoms with Gasteiger partial charge in [0, 0.05) is 12.8 Å². The van der Waals surface area contributed by atoms with E-state index in [1.807, 2.05) is 33.3 Å². The molecule has 0 aromatic rings. The summed E-state index contributed by atoms with van der Waals surface area (Å²) in [5.41, 5.74) is 0. The zero-order chi connectivity index (χ0) is 52.2. The summed E-state index contributed by atoms with van der Waals surface area (Å²) in [5, 5.41) is 3.04. The molecule has 1 amide bonds. The van der Waals surface area contributed by atoms with Crippen molar-refractivity contribution in [3.8, 4) is 0 Å². The highest BCUT2D eigenvalue weighted by Gasteiger charge is 2.30. The minimum absolute atomic E-state index is 0.0380. The van der Waals surface area contributed by atoms with E-state index in [2.05, 4.69) is 74.7 Å². The number of carbonyl (C=O) groups is 2. The average Bonchev–Trinajstić information content (AvgIpc) is 3.33. The predicted octanol–water partition coefficient (Wildman–Crippen LogP) is 17.9. The number of allylic oxidation sites excluding steroid dienone is 9. The molecule has 0 bridgehead atoms. The zero-order valence-electron chi connectivity index (χ0n) is 47.2. The first-order valence-corrected chi connectivity index (χ1v) is 31.1. The molecule has 2 N–H and O–H groups in total. The van der Waals surface area contributed by atoms with Crippen LogP contribution in [0, 0.1) is 0 Å². The van der Waals surface area contributed by atoms with Gasteiger partial charge in [-0.15, -0.1) is 0 Å². The summed E-state index contributed by atoms with van der Waals surface area (Å²) >= 11 is 0. The Kier molecular flexibility index (Phi) is 49.6. The first-order valence-electron chi connectivity index (χ1n) is 29.6. The molecule has 0 heterocycles. The summed E-state index contributed by atoms with van der Waals surface area (Å²) in [5.74, 6) is -0.515. The number of likely N-dealkylation sites (N-methyl/N-ethyl adjacent to an activating group) is 1. The van der Waals surface area contributed by atoms with Gasteiger partial charge in [-0.1, -0.05) is 236 Å². The van der Waals surface area contributed by atoms with Crippen molar-refractivity contribution in [3.05, 3.63) is 60.8 Å². The van der Waals surface area contributed by atoms with E-state index < -0.39 is 20.0 Å². The standard InChI is InChI=1S/C61H113N2O7P/c1-7-10-13-16-19-22-25-26-27-28-29-30-31-32-33-34-35-36-39-42-45-48-51-54-61(65)70-59(52-49-46-43-40-37-23-20-17-14-11-8-2)58(57-69-71(66,67)68-56-55-63(4,5)6)62-60(64)53-50-47-44-41-38-24-21-18-15-12-9-3/h19,22,26-27,29-30,32-33,49,52,58-59H,7-18,20-21,23-25,28,31,34-48,50-51,53-57H2,1-6H3,(H-,62,64,66,67)/p+1/b22-19-,27-26-,30-29-,33-32-,52-49-. The van der Waals surface area contributed by atoms with Gasteiger partial charge in [0.1, 0.15) is 19.3 Å². The van der Waals surface area contributed by atoms with Crippen molar-refractivity contribution in [2.75, 3.05) is 40.9 Å². The van der Waals surface area contributed by atoms with Gasteiger partial charge in [0.2, 0.25) is 5.91 Å². The molecule has 414 valence electrons. The van der Waals surface area contributed by atoms with E-state index in [9.17, 15) is 19.0 Å². The molecule has 0 spiro atoms. The maximum Gasteiger partial charge on any atom is 0.472 e. The molecule has 0 aromatic carbocycles. The van der Waals surface area contributed by atoms with Crippen LogP contribution in [0.15, 0.2) is 60.8 Å². The van der Waals surface area contributed by atoms with Crippen LogP contribution in [-0.2, 0) is 27.9 Å². The van der Waals surface area contributed by atoms with Gasteiger partial charge in [-0.3, -0.25) is 18.6 Å². The fraction of sp³-hybridized carbons (Fsp3) is 0.803. The molecule has 0 aliphatic rings. The number of phosphoric acid groups is 1. The van der Waals surface area contributed by atoms with Crippen molar-refractivity contribution in [2.24, 2.45) is 0 Å². The smallest absolute Gasteiger partial charge is 0.456 e. The number of hydrogen-bond acceptors (Lipinski definition) is 6. The molecular formula is C61H114N2O7P+. The van der Waals surface area contributed by atoms with E-state index >= 15 is 0 Å². The number of phosphoric ester groups is 1. The van der Waals surface area contributed by atoms with Crippen LogP contribution >= 0.6 is 7.82 Å². The van der Waals surface area contributed by atoms with Gasteiger partial charge >= 0.3 is 13.8 Å². The second-order valence-electron chi connectivity index (χ2n) is 21.2. The fourth-order valence-electron chi connectivity index (χ4n) is 8.33. The number of nitrogens with zero attached hydrogens (tertiary/aromatic N) is 1. The number of esters is 1. The lowest BCUT2D eigenvalue weighted by Crippen LogP contribution is -2.47. The van der Waals surface area contributed by atoms with E-state index in [-0.39, 0.29) is 31.5 Å². The minimum atomic E-state index is -4.44. The Morgan fingerprint density at radius 2 is 0.859 bits per heavy atom. The van der Waals surface area contributed by atoms with Gasteiger partial charge in [-0.25, -0.2) is 4.57 Å². The summed E-state index contributed by atoms with van der Waals surface area (Å²) in [6.45, 7) is 6.96. The van der Waals surface area contributed by atoms with Crippen molar-refractivity contribution >= 4 is 19.7 Å². The quantitative estimate of drug-likeness (QED) is 0.0205. The molecule has 0 aliphatic heterocycles. The molecule has 9 nitrogen and oxygen atoms in total. The van der Waals surface area contributed by atoms with Gasteiger partial charge < -0.3 is 19.4 Å². The van der Waals surface area contributed by atoms with Crippen LogP contribution in [-0.4, -0.2) is 74.3 Å².